The lowest BCUT2D eigenvalue weighted by Crippen LogP contribution is -2.48. The SMILES string of the molecule is CC1CN(CC2CCN(C(=O)/C=C/c3cccc(OCc4ccccc4)c3)CC2)CC(C)O1. The maximum atomic E-state index is 12.7. The lowest BCUT2D eigenvalue weighted by atomic mass is 9.95. The van der Waals surface area contributed by atoms with E-state index in [0.29, 0.717) is 24.7 Å². The number of ether oxygens (including phenoxy) is 2. The van der Waals surface area contributed by atoms with Crippen molar-refractivity contribution in [3.05, 3.63) is 71.8 Å². The van der Waals surface area contributed by atoms with Crippen molar-refractivity contribution in [1.82, 2.24) is 9.80 Å². The van der Waals surface area contributed by atoms with E-state index in [4.69, 9.17) is 9.47 Å². The Morgan fingerprint density at radius 2 is 1.76 bits per heavy atom. The van der Waals surface area contributed by atoms with E-state index in [9.17, 15) is 4.79 Å². The summed E-state index contributed by atoms with van der Waals surface area (Å²) in [6.45, 7) is 9.66. The van der Waals surface area contributed by atoms with Gasteiger partial charge in [-0.25, -0.2) is 0 Å². The van der Waals surface area contributed by atoms with E-state index in [1.54, 1.807) is 6.08 Å². The molecule has 5 nitrogen and oxygen atoms in total. The number of carbonyl (C=O) groups excluding carboxylic acids is 1. The van der Waals surface area contributed by atoms with Gasteiger partial charge in [-0.1, -0.05) is 42.5 Å². The molecule has 2 atom stereocenters. The Hall–Kier alpha value is -2.63. The van der Waals surface area contributed by atoms with Crippen LogP contribution in [0.25, 0.3) is 6.08 Å². The molecule has 2 heterocycles. The Balaban J connectivity index is 1.23. The topological polar surface area (TPSA) is 42.0 Å². The fourth-order valence-electron chi connectivity index (χ4n) is 4.86. The second kappa shape index (κ2) is 11.5. The molecule has 2 saturated heterocycles. The van der Waals surface area contributed by atoms with Gasteiger partial charge in [0.05, 0.1) is 12.2 Å². The molecule has 2 fully saturated rings. The van der Waals surface area contributed by atoms with Crippen molar-refractivity contribution in [1.29, 1.82) is 0 Å². The quantitative estimate of drug-likeness (QED) is 0.580. The minimum absolute atomic E-state index is 0.0951. The summed E-state index contributed by atoms with van der Waals surface area (Å²) in [7, 11) is 0. The number of rotatable bonds is 7. The molecular formula is C28H36N2O3. The van der Waals surface area contributed by atoms with Crippen LogP contribution in [0.1, 0.15) is 37.8 Å². The van der Waals surface area contributed by atoms with E-state index < -0.39 is 0 Å². The van der Waals surface area contributed by atoms with E-state index >= 15 is 0 Å². The molecule has 0 saturated carbocycles. The monoisotopic (exact) mass is 448 g/mol. The Labute approximate surface area is 198 Å². The molecule has 0 spiro atoms. The lowest BCUT2D eigenvalue weighted by molar-refractivity contribution is -0.127. The van der Waals surface area contributed by atoms with Crippen LogP contribution in [0, 0.1) is 5.92 Å². The van der Waals surface area contributed by atoms with Crippen molar-refractivity contribution in [3.63, 3.8) is 0 Å². The zero-order valence-electron chi connectivity index (χ0n) is 19.9. The molecule has 0 aliphatic carbocycles. The molecule has 176 valence electrons. The Bertz CT molecular complexity index is 912. The molecule has 1 amide bonds. The standard InChI is InChI=1S/C28H36N2O3/c1-22-18-29(19-23(2)33-22)20-25-13-15-30(16-14-25)28(31)12-11-24-9-6-10-27(17-24)32-21-26-7-4-3-5-8-26/h3-12,17,22-23,25H,13-16,18-21H2,1-2H3/b12-11+. The molecule has 2 unspecified atom stereocenters. The summed E-state index contributed by atoms with van der Waals surface area (Å²) >= 11 is 0. The molecule has 2 aromatic rings. The molecule has 0 N–H and O–H groups in total. The van der Waals surface area contributed by atoms with Crippen LogP contribution >= 0.6 is 0 Å². The highest BCUT2D eigenvalue weighted by Gasteiger charge is 2.27. The molecule has 2 aliphatic heterocycles. The number of likely N-dealkylation sites (tertiary alicyclic amines) is 1. The van der Waals surface area contributed by atoms with Crippen molar-refractivity contribution in [2.45, 2.75) is 45.5 Å². The van der Waals surface area contributed by atoms with E-state index in [0.717, 1.165) is 62.4 Å². The van der Waals surface area contributed by atoms with Crippen LogP contribution in [0.3, 0.4) is 0 Å². The third-order valence-electron chi connectivity index (χ3n) is 6.46. The first-order chi connectivity index (χ1) is 16.0. The van der Waals surface area contributed by atoms with Gasteiger partial charge in [0.1, 0.15) is 12.4 Å². The smallest absolute Gasteiger partial charge is 0.246 e. The summed E-state index contributed by atoms with van der Waals surface area (Å²) in [4.78, 5) is 17.2. The fourth-order valence-corrected chi connectivity index (χ4v) is 4.86. The Morgan fingerprint density at radius 1 is 1.03 bits per heavy atom. The highest BCUT2D eigenvalue weighted by atomic mass is 16.5. The van der Waals surface area contributed by atoms with Gasteiger partial charge in [0.2, 0.25) is 5.91 Å². The number of morpholine rings is 1. The highest BCUT2D eigenvalue weighted by Crippen LogP contribution is 2.22. The number of benzene rings is 2. The van der Waals surface area contributed by atoms with Crippen LogP contribution in [-0.2, 0) is 16.1 Å². The van der Waals surface area contributed by atoms with E-state index in [1.165, 1.54) is 0 Å². The van der Waals surface area contributed by atoms with Gasteiger partial charge in [-0.3, -0.25) is 9.69 Å². The first-order valence-electron chi connectivity index (χ1n) is 12.2. The van der Waals surface area contributed by atoms with Crippen molar-refractivity contribution in [2.75, 3.05) is 32.7 Å². The average Bonchev–Trinajstić information content (AvgIpc) is 2.82. The lowest BCUT2D eigenvalue weighted by Gasteiger charge is -2.39. The van der Waals surface area contributed by atoms with E-state index in [-0.39, 0.29) is 5.91 Å². The maximum Gasteiger partial charge on any atom is 0.246 e. The van der Waals surface area contributed by atoms with Crippen LogP contribution in [0.2, 0.25) is 0 Å². The Morgan fingerprint density at radius 3 is 2.48 bits per heavy atom. The molecule has 33 heavy (non-hydrogen) atoms. The normalized spacial score (nSPS) is 22.5. The summed E-state index contributed by atoms with van der Waals surface area (Å²) in [5.74, 6) is 1.56. The van der Waals surface area contributed by atoms with Crippen LogP contribution < -0.4 is 4.74 Å². The fraction of sp³-hybridized carbons (Fsp3) is 0.464. The third-order valence-corrected chi connectivity index (χ3v) is 6.46. The number of nitrogens with zero attached hydrogens (tertiary/aromatic N) is 2. The second-order valence-electron chi connectivity index (χ2n) is 9.42. The third kappa shape index (κ3) is 7.18. The summed E-state index contributed by atoms with van der Waals surface area (Å²) in [6, 6.07) is 18.0. The molecule has 0 bridgehead atoms. The first kappa shape index (κ1) is 23.5. The van der Waals surface area contributed by atoms with Crippen LogP contribution in [0.4, 0.5) is 0 Å². The van der Waals surface area contributed by atoms with Gasteiger partial charge < -0.3 is 14.4 Å². The number of carbonyl (C=O) groups is 1. The zero-order valence-corrected chi connectivity index (χ0v) is 19.9. The van der Waals surface area contributed by atoms with Crippen molar-refractivity contribution >= 4 is 12.0 Å². The number of hydrogen-bond donors (Lipinski definition) is 0. The Kier molecular flexibility index (Phi) is 8.19. The zero-order chi connectivity index (χ0) is 23.0. The molecule has 5 heteroatoms. The van der Waals surface area contributed by atoms with Gasteiger partial charge in [0, 0.05) is 38.8 Å². The van der Waals surface area contributed by atoms with Gasteiger partial charge in [0.15, 0.2) is 0 Å². The number of piperidine rings is 1. The molecule has 0 radical (unpaired) electrons. The van der Waals surface area contributed by atoms with Gasteiger partial charge in [-0.2, -0.15) is 0 Å². The van der Waals surface area contributed by atoms with Gasteiger partial charge in [0.25, 0.3) is 0 Å². The predicted octanol–water partition coefficient (Wildman–Crippen LogP) is 4.63. The molecule has 0 aromatic heterocycles. The molecule has 2 aromatic carbocycles. The predicted molar refractivity (Wildman–Crippen MR) is 132 cm³/mol. The molecule has 4 rings (SSSR count). The second-order valence-corrected chi connectivity index (χ2v) is 9.42. The summed E-state index contributed by atoms with van der Waals surface area (Å²) < 4.78 is 11.8. The first-order valence-corrected chi connectivity index (χ1v) is 12.2. The van der Waals surface area contributed by atoms with E-state index in [2.05, 4.69) is 18.7 Å². The van der Waals surface area contributed by atoms with Crippen LogP contribution in [-0.4, -0.2) is 60.6 Å². The summed E-state index contributed by atoms with van der Waals surface area (Å²) in [6.07, 6.45) is 6.35. The van der Waals surface area contributed by atoms with Gasteiger partial charge in [-0.05, 0) is 61.9 Å². The summed E-state index contributed by atoms with van der Waals surface area (Å²) in [5, 5.41) is 0. The highest BCUT2D eigenvalue weighted by molar-refractivity contribution is 5.91. The number of amides is 1. The largest absolute Gasteiger partial charge is 0.489 e. The molecule has 2 aliphatic rings. The summed E-state index contributed by atoms with van der Waals surface area (Å²) in [5.41, 5.74) is 2.11. The van der Waals surface area contributed by atoms with Crippen molar-refractivity contribution in [3.8, 4) is 5.75 Å². The average molecular weight is 449 g/mol. The van der Waals surface area contributed by atoms with Crippen molar-refractivity contribution < 1.29 is 14.3 Å². The maximum absolute atomic E-state index is 12.7. The number of hydrogen-bond acceptors (Lipinski definition) is 4. The molecular weight excluding hydrogens is 412 g/mol. The van der Waals surface area contributed by atoms with Gasteiger partial charge >= 0.3 is 0 Å². The van der Waals surface area contributed by atoms with Crippen LogP contribution in [0.15, 0.2) is 60.7 Å². The van der Waals surface area contributed by atoms with Gasteiger partial charge in [-0.15, -0.1) is 0 Å². The van der Waals surface area contributed by atoms with Crippen LogP contribution in [0.5, 0.6) is 5.75 Å². The van der Waals surface area contributed by atoms with E-state index in [1.807, 2.05) is 65.6 Å². The minimum atomic E-state index is 0.0951. The van der Waals surface area contributed by atoms with Crippen molar-refractivity contribution in [2.24, 2.45) is 5.92 Å². The minimum Gasteiger partial charge on any atom is -0.489 e.